The van der Waals surface area contributed by atoms with Crippen LogP contribution in [-0.2, 0) is 9.53 Å². The van der Waals surface area contributed by atoms with Gasteiger partial charge in [-0.2, -0.15) is 10.5 Å². The van der Waals surface area contributed by atoms with Crippen LogP contribution in [0.15, 0.2) is 10.6 Å². The van der Waals surface area contributed by atoms with E-state index in [2.05, 4.69) is 24.0 Å². The molecule has 2 aliphatic rings. The van der Waals surface area contributed by atoms with Crippen LogP contribution < -0.4 is 5.32 Å². The molecule has 1 N–H and O–H groups in total. The number of piperidine rings is 1. The van der Waals surface area contributed by atoms with E-state index < -0.39 is 23.3 Å². The summed E-state index contributed by atoms with van der Waals surface area (Å²) in [6.07, 6.45) is 0.286. The summed E-state index contributed by atoms with van der Waals surface area (Å²) < 4.78 is 4.96. The highest BCUT2D eigenvalue weighted by Gasteiger charge is 2.52. The summed E-state index contributed by atoms with van der Waals surface area (Å²) in [5.74, 6) is -1.40. The van der Waals surface area contributed by atoms with Gasteiger partial charge in [0.2, 0.25) is 5.91 Å². The van der Waals surface area contributed by atoms with Crippen molar-refractivity contribution in [1.82, 2.24) is 10.2 Å². The number of rotatable bonds is 1. The van der Waals surface area contributed by atoms with Gasteiger partial charge < -0.3 is 15.0 Å². The van der Waals surface area contributed by atoms with E-state index in [1.807, 2.05) is 6.07 Å². The number of hydrogen-bond acceptors (Lipinski definition) is 6. The fourth-order valence-corrected chi connectivity index (χ4v) is 3.45. The highest BCUT2D eigenvalue weighted by atomic mass is 32.1. The van der Waals surface area contributed by atoms with Crippen molar-refractivity contribution in [2.75, 3.05) is 19.7 Å². The zero-order valence-electron chi connectivity index (χ0n) is 12.1. The number of carbonyl (C=O) groups is 2. The van der Waals surface area contributed by atoms with Crippen LogP contribution in [0, 0.1) is 34.0 Å². The quantitative estimate of drug-likeness (QED) is 0.705. The third-order valence-electron chi connectivity index (χ3n) is 4.21. The van der Waals surface area contributed by atoms with Gasteiger partial charge in [0, 0.05) is 18.5 Å². The molecule has 0 bridgehead atoms. The summed E-state index contributed by atoms with van der Waals surface area (Å²) in [5.41, 5.74) is -0.572. The standard InChI is InChI=1S/C14H16N4O3S/c1-2-21-13(20)18-5-3-14(4-6-18)9(7-15)11(19)17-12(22)10(14)8-16/h9,22H,2-6H2,1H3,(H,17,19). The van der Waals surface area contributed by atoms with Gasteiger partial charge in [-0.15, -0.1) is 12.6 Å². The molecule has 1 saturated heterocycles. The summed E-state index contributed by atoms with van der Waals surface area (Å²) in [5, 5.41) is 21.4. The summed E-state index contributed by atoms with van der Waals surface area (Å²) >= 11 is 4.17. The Hall–Kier alpha value is -2.19. The zero-order valence-corrected chi connectivity index (χ0v) is 13.0. The number of nitriles is 2. The van der Waals surface area contributed by atoms with Gasteiger partial charge in [0.25, 0.3) is 0 Å². The predicted molar refractivity (Wildman–Crippen MR) is 79.1 cm³/mol. The van der Waals surface area contributed by atoms with Crippen LogP contribution in [0.5, 0.6) is 0 Å². The number of allylic oxidation sites excluding steroid dienone is 1. The van der Waals surface area contributed by atoms with Crippen LogP contribution in [0.1, 0.15) is 19.8 Å². The SMILES string of the molecule is CCOC(=O)N1CCC2(CC1)C(C#N)=C(S)NC(=O)C2C#N. The Labute approximate surface area is 133 Å². The fraction of sp³-hybridized carbons (Fsp3) is 0.571. The van der Waals surface area contributed by atoms with Gasteiger partial charge in [0.05, 0.1) is 29.3 Å². The molecule has 0 aromatic heterocycles. The summed E-state index contributed by atoms with van der Waals surface area (Å²) in [4.78, 5) is 25.4. The van der Waals surface area contributed by atoms with Crippen LogP contribution in [0.3, 0.4) is 0 Å². The van der Waals surface area contributed by atoms with Crippen molar-refractivity contribution in [1.29, 1.82) is 10.5 Å². The lowest BCUT2D eigenvalue weighted by Crippen LogP contribution is -2.53. The molecule has 2 amide bonds. The van der Waals surface area contributed by atoms with Gasteiger partial charge in [-0.05, 0) is 19.8 Å². The largest absolute Gasteiger partial charge is 0.450 e. The predicted octanol–water partition coefficient (Wildman–Crippen LogP) is 1.16. The summed E-state index contributed by atoms with van der Waals surface area (Å²) in [6, 6.07) is 4.07. The zero-order chi connectivity index (χ0) is 16.3. The van der Waals surface area contributed by atoms with E-state index in [4.69, 9.17) is 4.74 Å². The second-order valence-corrected chi connectivity index (χ2v) is 5.68. The molecule has 8 heteroatoms. The van der Waals surface area contributed by atoms with E-state index in [0.29, 0.717) is 31.5 Å². The van der Waals surface area contributed by atoms with Gasteiger partial charge in [0.1, 0.15) is 5.92 Å². The van der Waals surface area contributed by atoms with Crippen LogP contribution >= 0.6 is 12.6 Å². The molecular weight excluding hydrogens is 304 g/mol. The molecule has 0 aromatic rings. The molecule has 1 atom stereocenters. The average molecular weight is 320 g/mol. The van der Waals surface area contributed by atoms with Crippen LogP contribution in [0.2, 0.25) is 0 Å². The Balaban J connectivity index is 2.30. The average Bonchev–Trinajstić information content (AvgIpc) is 2.48. The maximum Gasteiger partial charge on any atom is 0.409 e. The minimum Gasteiger partial charge on any atom is -0.450 e. The highest BCUT2D eigenvalue weighted by molar-refractivity contribution is 7.84. The molecule has 2 aliphatic heterocycles. The van der Waals surface area contributed by atoms with Gasteiger partial charge in [-0.1, -0.05) is 0 Å². The second-order valence-electron chi connectivity index (χ2n) is 5.23. The molecule has 0 aromatic carbocycles. The van der Waals surface area contributed by atoms with Crippen LogP contribution in [0.25, 0.3) is 0 Å². The molecule has 0 aliphatic carbocycles. The summed E-state index contributed by atoms with van der Waals surface area (Å²) in [7, 11) is 0. The van der Waals surface area contributed by atoms with Crippen LogP contribution in [-0.4, -0.2) is 36.6 Å². The monoisotopic (exact) mass is 320 g/mol. The Morgan fingerprint density at radius 2 is 2.14 bits per heavy atom. The van der Waals surface area contributed by atoms with Crippen molar-refractivity contribution in [2.45, 2.75) is 19.8 Å². The molecule has 22 heavy (non-hydrogen) atoms. The van der Waals surface area contributed by atoms with Gasteiger partial charge >= 0.3 is 6.09 Å². The molecule has 116 valence electrons. The first-order chi connectivity index (χ1) is 10.5. The van der Waals surface area contributed by atoms with Crippen molar-refractivity contribution in [3.8, 4) is 12.1 Å². The fourth-order valence-electron chi connectivity index (χ4n) is 3.07. The van der Waals surface area contributed by atoms with Gasteiger partial charge in [0.15, 0.2) is 0 Å². The Bertz CT molecular complexity index is 609. The molecule has 0 radical (unpaired) electrons. The topological polar surface area (TPSA) is 106 Å². The first-order valence-electron chi connectivity index (χ1n) is 6.96. The number of nitrogens with one attached hydrogen (secondary N) is 1. The Kier molecular flexibility index (Phi) is 4.62. The molecule has 2 heterocycles. The van der Waals surface area contributed by atoms with E-state index in [0.717, 1.165) is 0 Å². The molecule has 7 nitrogen and oxygen atoms in total. The van der Waals surface area contributed by atoms with Gasteiger partial charge in [-0.25, -0.2) is 4.79 Å². The second kappa shape index (κ2) is 6.29. The molecule has 1 fully saturated rings. The van der Waals surface area contributed by atoms with E-state index in [9.17, 15) is 20.1 Å². The maximum atomic E-state index is 12.1. The first kappa shape index (κ1) is 16.2. The third-order valence-corrected chi connectivity index (χ3v) is 4.55. The minimum atomic E-state index is -0.956. The van der Waals surface area contributed by atoms with E-state index in [1.54, 1.807) is 6.92 Å². The maximum absolute atomic E-state index is 12.1. The summed E-state index contributed by atoms with van der Waals surface area (Å²) in [6.45, 7) is 2.67. The Morgan fingerprint density at radius 1 is 1.50 bits per heavy atom. The third kappa shape index (κ3) is 2.51. The van der Waals surface area contributed by atoms with E-state index in [-0.39, 0.29) is 11.6 Å². The molecular formula is C14H16N4O3S. The van der Waals surface area contributed by atoms with Crippen molar-refractivity contribution in [3.63, 3.8) is 0 Å². The lowest BCUT2D eigenvalue weighted by molar-refractivity contribution is -0.127. The lowest BCUT2D eigenvalue weighted by atomic mass is 9.63. The van der Waals surface area contributed by atoms with Gasteiger partial charge in [-0.3, -0.25) is 4.79 Å². The van der Waals surface area contributed by atoms with Crippen molar-refractivity contribution >= 4 is 24.6 Å². The minimum absolute atomic E-state index is 0.198. The number of nitrogens with zero attached hydrogens (tertiary/aromatic N) is 3. The highest BCUT2D eigenvalue weighted by Crippen LogP contribution is 2.48. The number of ether oxygens (including phenoxy) is 1. The first-order valence-corrected chi connectivity index (χ1v) is 7.41. The molecule has 1 spiro atoms. The number of likely N-dealkylation sites (tertiary alicyclic amines) is 1. The van der Waals surface area contributed by atoms with E-state index in [1.165, 1.54) is 4.90 Å². The van der Waals surface area contributed by atoms with Crippen molar-refractivity contribution in [3.05, 3.63) is 10.6 Å². The number of amides is 2. The van der Waals surface area contributed by atoms with Crippen molar-refractivity contribution in [2.24, 2.45) is 11.3 Å². The normalized spacial score (nSPS) is 23.5. The molecule has 0 saturated carbocycles. The van der Waals surface area contributed by atoms with Crippen molar-refractivity contribution < 1.29 is 14.3 Å². The van der Waals surface area contributed by atoms with Crippen LogP contribution in [0.4, 0.5) is 4.79 Å². The number of hydrogen-bond donors (Lipinski definition) is 2. The number of thiol groups is 1. The van der Waals surface area contributed by atoms with E-state index >= 15 is 0 Å². The smallest absolute Gasteiger partial charge is 0.409 e. The number of carbonyl (C=O) groups excluding carboxylic acids is 2. The molecule has 2 rings (SSSR count). The Morgan fingerprint density at radius 3 is 2.64 bits per heavy atom. The molecule has 1 unspecified atom stereocenters. The lowest BCUT2D eigenvalue weighted by Gasteiger charge is -2.45.